The summed E-state index contributed by atoms with van der Waals surface area (Å²) < 4.78 is 16.3. The molecule has 3 heterocycles. The number of hydrogen-bond donors (Lipinski definition) is 4. The predicted octanol–water partition coefficient (Wildman–Crippen LogP) is 1.03. The van der Waals surface area contributed by atoms with E-state index in [-0.39, 0.29) is 5.75 Å². The highest BCUT2D eigenvalue weighted by Crippen LogP contribution is 2.31. The topological polar surface area (TPSA) is 151 Å². The number of aromatic nitrogens is 1. The minimum absolute atomic E-state index is 0.223. The van der Waals surface area contributed by atoms with Gasteiger partial charge in [0.05, 0.1) is 12.8 Å². The number of allylic oxidation sites excluding steroid dienone is 1. The molecular formula is C24H26N2O8. The summed E-state index contributed by atoms with van der Waals surface area (Å²) in [4.78, 5) is 20.2. The number of pyridine rings is 1. The maximum Gasteiger partial charge on any atom is 0.335 e. The molecule has 2 aromatic rings. The van der Waals surface area contributed by atoms with E-state index < -0.39 is 36.7 Å². The number of aliphatic imine (C=N–C) groups is 1. The zero-order chi connectivity index (χ0) is 24.2. The molecule has 4 N–H and O–H groups in total. The van der Waals surface area contributed by atoms with Gasteiger partial charge in [-0.25, -0.2) is 4.79 Å². The van der Waals surface area contributed by atoms with Crippen LogP contribution in [0.4, 0.5) is 0 Å². The normalized spacial score (nSPS) is 28.3. The van der Waals surface area contributed by atoms with Crippen LogP contribution < -0.4 is 9.47 Å². The molecule has 0 spiro atoms. The van der Waals surface area contributed by atoms with Crippen molar-refractivity contribution in [1.82, 2.24) is 4.98 Å². The quantitative estimate of drug-likeness (QED) is 0.485. The second-order valence-corrected chi connectivity index (χ2v) is 8.00. The molecule has 0 saturated carbocycles. The highest BCUT2D eigenvalue weighted by molar-refractivity contribution is 6.15. The Hall–Kier alpha value is -3.31. The van der Waals surface area contributed by atoms with E-state index in [2.05, 4.69) is 9.98 Å². The molecule has 34 heavy (non-hydrogen) atoms. The monoisotopic (exact) mass is 470 g/mol. The van der Waals surface area contributed by atoms with Crippen LogP contribution in [-0.2, 0) is 9.53 Å². The second-order valence-electron chi connectivity index (χ2n) is 8.00. The first-order chi connectivity index (χ1) is 16.4. The van der Waals surface area contributed by atoms with Gasteiger partial charge in [0.2, 0.25) is 6.29 Å². The number of benzene rings is 1. The Labute approximate surface area is 195 Å². The van der Waals surface area contributed by atoms with Gasteiger partial charge in [0.1, 0.15) is 29.8 Å². The van der Waals surface area contributed by atoms with Gasteiger partial charge in [0, 0.05) is 36.1 Å². The summed E-state index contributed by atoms with van der Waals surface area (Å²) in [5, 5.41) is 39.2. The number of nitrogens with zero attached hydrogens (tertiary/aromatic N) is 2. The fourth-order valence-corrected chi connectivity index (χ4v) is 3.96. The molecule has 1 aromatic heterocycles. The number of methoxy groups -OCH3 is 1. The van der Waals surface area contributed by atoms with E-state index in [4.69, 9.17) is 14.2 Å². The predicted molar refractivity (Wildman–Crippen MR) is 121 cm³/mol. The van der Waals surface area contributed by atoms with Crippen LogP contribution in [0.5, 0.6) is 11.5 Å². The zero-order valence-electron chi connectivity index (χ0n) is 18.4. The number of aliphatic carboxylic acids is 1. The van der Waals surface area contributed by atoms with Gasteiger partial charge in [-0.05, 0) is 48.8 Å². The average Bonchev–Trinajstić information content (AvgIpc) is 2.85. The van der Waals surface area contributed by atoms with Crippen molar-refractivity contribution in [3.05, 3.63) is 59.4 Å². The van der Waals surface area contributed by atoms with Crippen LogP contribution in [0.2, 0.25) is 0 Å². The number of carbonyl (C=O) groups is 1. The molecule has 0 aliphatic carbocycles. The van der Waals surface area contributed by atoms with E-state index in [1.807, 2.05) is 18.2 Å². The first kappa shape index (κ1) is 23.8. The molecule has 1 fully saturated rings. The minimum Gasteiger partial charge on any atom is -0.496 e. The van der Waals surface area contributed by atoms with Gasteiger partial charge >= 0.3 is 5.97 Å². The smallest absolute Gasteiger partial charge is 0.335 e. The number of rotatable bonds is 6. The maximum atomic E-state index is 11.3. The number of ether oxygens (including phenoxy) is 3. The lowest BCUT2D eigenvalue weighted by Gasteiger charge is -2.38. The van der Waals surface area contributed by atoms with Crippen LogP contribution in [-0.4, -0.2) is 81.5 Å². The van der Waals surface area contributed by atoms with Crippen molar-refractivity contribution in [2.75, 3.05) is 13.7 Å². The lowest BCUT2D eigenvalue weighted by atomic mass is 9.94. The first-order valence-electron chi connectivity index (χ1n) is 10.8. The zero-order valence-corrected chi connectivity index (χ0v) is 18.4. The Morgan fingerprint density at radius 3 is 2.71 bits per heavy atom. The summed E-state index contributed by atoms with van der Waals surface area (Å²) in [6, 6.07) is 8.76. The second kappa shape index (κ2) is 10.3. The first-order valence-corrected chi connectivity index (χ1v) is 10.8. The molecule has 1 aromatic carbocycles. The van der Waals surface area contributed by atoms with E-state index in [0.29, 0.717) is 5.75 Å². The van der Waals surface area contributed by atoms with Crippen LogP contribution in [0.15, 0.2) is 53.3 Å². The van der Waals surface area contributed by atoms with Crippen LogP contribution >= 0.6 is 0 Å². The highest BCUT2D eigenvalue weighted by atomic mass is 16.7. The molecule has 5 atom stereocenters. The molecular weight excluding hydrogens is 444 g/mol. The van der Waals surface area contributed by atoms with Crippen LogP contribution in [0.25, 0.3) is 6.08 Å². The summed E-state index contributed by atoms with van der Waals surface area (Å²) in [5.74, 6) is -0.785. The molecule has 0 bridgehead atoms. The highest BCUT2D eigenvalue weighted by Gasteiger charge is 2.48. The molecule has 2 aliphatic rings. The Balaban J connectivity index is 1.58. The van der Waals surface area contributed by atoms with Gasteiger partial charge in [0.15, 0.2) is 6.10 Å². The van der Waals surface area contributed by atoms with Gasteiger partial charge in [-0.3, -0.25) is 9.98 Å². The molecule has 0 amide bonds. The Morgan fingerprint density at radius 2 is 2.00 bits per heavy atom. The van der Waals surface area contributed by atoms with Crippen molar-refractivity contribution in [3.63, 3.8) is 0 Å². The molecule has 180 valence electrons. The molecule has 0 radical (unpaired) electrons. The molecule has 4 rings (SSSR count). The lowest BCUT2D eigenvalue weighted by molar-refractivity contribution is -0.271. The van der Waals surface area contributed by atoms with E-state index in [1.165, 1.54) is 7.11 Å². The molecule has 5 unspecified atom stereocenters. The van der Waals surface area contributed by atoms with Crippen LogP contribution in [0.1, 0.15) is 24.0 Å². The van der Waals surface area contributed by atoms with Crippen molar-refractivity contribution < 1.29 is 39.4 Å². The number of carboxylic acid groups (broad SMARTS) is 1. The van der Waals surface area contributed by atoms with Crippen LogP contribution in [0.3, 0.4) is 0 Å². The summed E-state index contributed by atoms with van der Waals surface area (Å²) >= 11 is 0. The third-order valence-corrected chi connectivity index (χ3v) is 5.71. The Kier molecular flexibility index (Phi) is 7.23. The van der Waals surface area contributed by atoms with Gasteiger partial charge in [-0.15, -0.1) is 0 Å². The van der Waals surface area contributed by atoms with E-state index in [0.717, 1.165) is 41.8 Å². The van der Waals surface area contributed by atoms with Crippen LogP contribution in [0, 0.1) is 0 Å². The van der Waals surface area contributed by atoms with E-state index in [1.54, 1.807) is 30.6 Å². The van der Waals surface area contributed by atoms with Crippen molar-refractivity contribution in [1.29, 1.82) is 0 Å². The van der Waals surface area contributed by atoms with Gasteiger partial charge in [0.25, 0.3) is 0 Å². The molecule has 10 heteroatoms. The number of aliphatic hydroxyl groups is 3. The van der Waals surface area contributed by atoms with Gasteiger partial charge in [-0.1, -0.05) is 0 Å². The largest absolute Gasteiger partial charge is 0.496 e. The molecule has 1 saturated heterocycles. The maximum absolute atomic E-state index is 11.3. The summed E-state index contributed by atoms with van der Waals surface area (Å²) in [6.45, 7) is 0.743. The standard InChI is InChI=1S/C24H26N2O8/c1-32-17-11-16(33-24-21(29)19(27)20(28)22(34-24)23(30)31)7-6-13(17)10-14-4-3-9-26-18(14)15-5-2-8-25-12-15/h2,5-8,10-12,19-22,24,27-29H,3-4,9H2,1H3,(H,30,31)/b14-10+. The summed E-state index contributed by atoms with van der Waals surface area (Å²) in [5.41, 5.74) is 3.63. The third-order valence-electron chi connectivity index (χ3n) is 5.71. The Bertz CT molecular complexity index is 1090. The fraction of sp³-hybridized carbons (Fsp3) is 0.375. The van der Waals surface area contributed by atoms with E-state index >= 15 is 0 Å². The van der Waals surface area contributed by atoms with Crippen molar-refractivity contribution >= 4 is 17.8 Å². The van der Waals surface area contributed by atoms with Crippen molar-refractivity contribution in [3.8, 4) is 11.5 Å². The Morgan fingerprint density at radius 1 is 1.18 bits per heavy atom. The number of hydrogen-bond acceptors (Lipinski definition) is 9. The van der Waals surface area contributed by atoms with Crippen molar-refractivity contribution in [2.24, 2.45) is 4.99 Å². The molecule has 2 aliphatic heterocycles. The fourth-order valence-electron chi connectivity index (χ4n) is 3.96. The summed E-state index contributed by atoms with van der Waals surface area (Å²) in [6.07, 6.45) is -1.20. The van der Waals surface area contributed by atoms with E-state index in [9.17, 15) is 25.2 Å². The average molecular weight is 470 g/mol. The number of aliphatic hydroxyl groups excluding tert-OH is 3. The summed E-state index contributed by atoms with van der Waals surface area (Å²) in [7, 11) is 1.50. The molecule has 10 nitrogen and oxygen atoms in total. The van der Waals surface area contributed by atoms with Gasteiger partial charge in [-0.2, -0.15) is 0 Å². The SMILES string of the molecule is COc1cc(OC2OC(C(=O)O)C(O)C(O)C2O)ccc1/C=C1\CCCN=C1c1cccnc1. The minimum atomic E-state index is -1.79. The third kappa shape index (κ3) is 4.95. The lowest BCUT2D eigenvalue weighted by Crippen LogP contribution is -2.61. The number of carboxylic acids is 1. The van der Waals surface area contributed by atoms with Crippen molar-refractivity contribution in [2.45, 2.75) is 43.5 Å². The van der Waals surface area contributed by atoms with Gasteiger partial charge < -0.3 is 34.6 Å².